The SMILES string of the molecule is CCOc1ccc(OC[C@H](O)Cn2cnc3cc(C)c(C)cc32)cc1. The first kappa shape index (κ1) is 17.3. The second-order valence-electron chi connectivity index (χ2n) is 6.19. The highest BCUT2D eigenvalue weighted by atomic mass is 16.5. The highest BCUT2D eigenvalue weighted by molar-refractivity contribution is 5.77. The lowest BCUT2D eigenvalue weighted by molar-refractivity contribution is 0.0934. The Bertz CT molecular complexity index is 840. The molecule has 0 fully saturated rings. The molecule has 25 heavy (non-hydrogen) atoms. The van der Waals surface area contributed by atoms with Crippen molar-refractivity contribution in [3.63, 3.8) is 0 Å². The average molecular weight is 340 g/mol. The first-order valence-corrected chi connectivity index (χ1v) is 8.52. The van der Waals surface area contributed by atoms with Crippen molar-refractivity contribution in [1.82, 2.24) is 9.55 Å². The lowest BCUT2D eigenvalue weighted by atomic mass is 10.1. The summed E-state index contributed by atoms with van der Waals surface area (Å²) in [6.07, 6.45) is 1.15. The molecule has 0 unspecified atom stereocenters. The summed E-state index contributed by atoms with van der Waals surface area (Å²) in [5.41, 5.74) is 4.41. The third kappa shape index (κ3) is 4.12. The summed E-state index contributed by atoms with van der Waals surface area (Å²) < 4.78 is 13.0. The van der Waals surface area contributed by atoms with Gasteiger partial charge in [-0.25, -0.2) is 4.98 Å². The molecule has 0 saturated heterocycles. The number of hydrogen-bond acceptors (Lipinski definition) is 4. The molecule has 0 aliphatic rings. The molecule has 0 amide bonds. The van der Waals surface area contributed by atoms with E-state index in [9.17, 15) is 5.11 Å². The lowest BCUT2D eigenvalue weighted by Crippen LogP contribution is -2.23. The number of aryl methyl sites for hydroxylation is 2. The summed E-state index contributed by atoms with van der Waals surface area (Å²) in [5.74, 6) is 1.52. The third-order valence-electron chi connectivity index (χ3n) is 4.22. The largest absolute Gasteiger partial charge is 0.494 e. The number of hydrogen-bond donors (Lipinski definition) is 1. The first-order chi connectivity index (χ1) is 12.1. The van der Waals surface area contributed by atoms with Crippen LogP contribution in [0.2, 0.25) is 0 Å². The first-order valence-electron chi connectivity index (χ1n) is 8.52. The molecule has 1 aromatic heterocycles. The third-order valence-corrected chi connectivity index (χ3v) is 4.22. The molecule has 132 valence electrons. The van der Waals surface area contributed by atoms with E-state index in [2.05, 4.69) is 31.0 Å². The maximum atomic E-state index is 10.3. The van der Waals surface area contributed by atoms with Crippen LogP contribution in [-0.2, 0) is 6.54 Å². The van der Waals surface area contributed by atoms with Crippen LogP contribution < -0.4 is 9.47 Å². The van der Waals surface area contributed by atoms with Gasteiger partial charge in [-0.15, -0.1) is 0 Å². The summed E-state index contributed by atoms with van der Waals surface area (Å²) in [5, 5.41) is 10.3. The van der Waals surface area contributed by atoms with Crippen LogP contribution in [-0.4, -0.2) is 34.0 Å². The van der Waals surface area contributed by atoms with Gasteiger partial charge in [0.25, 0.3) is 0 Å². The minimum atomic E-state index is -0.620. The number of aliphatic hydroxyl groups is 1. The Labute approximate surface area is 147 Å². The average Bonchev–Trinajstić information content (AvgIpc) is 2.97. The normalized spacial score (nSPS) is 12.3. The Morgan fingerprint density at radius 3 is 2.36 bits per heavy atom. The van der Waals surface area contributed by atoms with Gasteiger partial charge in [0.1, 0.15) is 24.2 Å². The van der Waals surface area contributed by atoms with Crippen molar-refractivity contribution in [3.8, 4) is 11.5 Å². The van der Waals surface area contributed by atoms with Gasteiger partial charge in [-0.2, -0.15) is 0 Å². The van der Waals surface area contributed by atoms with Crippen molar-refractivity contribution in [1.29, 1.82) is 0 Å². The van der Waals surface area contributed by atoms with E-state index in [0.29, 0.717) is 18.9 Å². The van der Waals surface area contributed by atoms with Crippen molar-refractivity contribution in [2.75, 3.05) is 13.2 Å². The Morgan fingerprint density at radius 2 is 1.68 bits per heavy atom. The van der Waals surface area contributed by atoms with Gasteiger partial charge in [-0.05, 0) is 68.3 Å². The number of benzene rings is 2. The van der Waals surface area contributed by atoms with E-state index in [1.165, 1.54) is 11.1 Å². The number of rotatable bonds is 7. The van der Waals surface area contributed by atoms with Gasteiger partial charge in [0.05, 0.1) is 30.5 Å². The van der Waals surface area contributed by atoms with Crippen LogP contribution in [0.15, 0.2) is 42.7 Å². The molecule has 1 N–H and O–H groups in total. The van der Waals surface area contributed by atoms with Gasteiger partial charge >= 0.3 is 0 Å². The van der Waals surface area contributed by atoms with Crippen molar-refractivity contribution in [2.24, 2.45) is 0 Å². The monoisotopic (exact) mass is 340 g/mol. The van der Waals surface area contributed by atoms with E-state index in [-0.39, 0.29) is 6.61 Å². The van der Waals surface area contributed by atoms with Crippen LogP contribution in [0, 0.1) is 13.8 Å². The molecule has 0 aliphatic carbocycles. The summed E-state index contributed by atoms with van der Waals surface area (Å²) in [6, 6.07) is 11.6. The smallest absolute Gasteiger partial charge is 0.119 e. The minimum Gasteiger partial charge on any atom is -0.494 e. The summed E-state index contributed by atoms with van der Waals surface area (Å²) in [6.45, 7) is 7.40. The van der Waals surface area contributed by atoms with Gasteiger partial charge in [0.15, 0.2) is 0 Å². The zero-order chi connectivity index (χ0) is 17.8. The van der Waals surface area contributed by atoms with E-state index in [1.807, 2.05) is 35.8 Å². The summed E-state index contributed by atoms with van der Waals surface area (Å²) in [7, 11) is 0. The molecule has 1 atom stereocenters. The van der Waals surface area contributed by atoms with E-state index in [4.69, 9.17) is 9.47 Å². The van der Waals surface area contributed by atoms with Crippen molar-refractivity contribution < 1.29 is 14.6 Å². The standard InChI is InChI=1S/C20H24N2O3/c1-4-24-17-5-7-18(8-6-17)25-12-16(23)11-22-13-21-19-9-14(2)15(3)10-20(19)22/h5-10,13,16,23H,4,11-12H2,1-3H3/t16-/m1/s1. The van der Waals surface area contributed by atoms with Crippen LogP contribution in [0.25, 0.3) is 11.0 Å². The molecule has 3 rings (SSSR count). The zero-order valence-corrected chi connectivity index (χ0v) is 14.9. The Kier molecular flexibility index (Phi) is 5.24. The number of nitrogens with zero attached hydrogens (tertiary/aromatic N) is 2. The molecule has 0 aliphatic heterocycles. The van der Waals surface area contributed by atoms with Gasteiger partial charge < -0.3 is 19.1 Å². The van der Waals surface area contributed by atoms with Gasteiger partial charge in [0, 0.05) is 0 Å². The van der Waals surface area contributed by atoms with Crippen LogP contribution in [0.4, 0.5) is 0 Å². The minimum absolute atomic E-state index is 0.221. The van der Waals surface area contributed by atoms with Crippen molar-refractivity contribution >= 4 is 11.0 Å². The number of imidazole rings is 1. The van der Waals surface area contributed by atoms with E-state index in [1.54, 1.807) is 6.33 Å². The molecule has 5 heteroatoms. The van der Waals surface area contributed by atoms with E-state index >= 15 is 0 Å². The Balaban J connectivity index is 1.61. The second-order valence-corrected chi connectivity index (χ2v) is 6.19. The van der Waals surface area contributed by atoms with E-state index in [0.717, 1.165) is 16.8 Å². The summed E-state index contributed by atoms with van der Waals surface area (Å²) in [4.78, 5) is 4.42. The molecule has 2 aromatic carbocycles. The molecule has 0 spiro atoms. The number of fused-ring (bicyclic) bond motifs is 1. The number of aromatic nitrogens is 2. The number of ether oxygens (including phenoxy) is 2. The second kappa shape index (κ2) is 7.57. The van der Waals surface area contributed by atoms with Crippen molar-refractivity contribution in [2.45, 2.75) is 33.4 Å². The molecule has 0 saturated carbocycles. The zero-order valence-electron chi connectivity index (χ0n) is 14.9. The number of aliphatic hydroxyl groups excluding tert-OH is 1. The molecular weight excluding hydrogens is 316 g/mol. The quantitative estimate of drug-likeness (QED) is 0.715. The van der Waals surface area contributed by atoms with Crippen LogP contribution in [0.5, 0.6) is 11.5 Å². The molecular formula is C20H24N2O3. The van der Waals surface area contributed by atoms with Crippen molar-refractivity contribution in [3.05, 3.63) is 53.9 Å². The highest BCUT2D eigenvalue weighted by Crippen LogP contribution is 2.20. The van der Waals surface area contributed by atoms with Crippen LogP contribution >= 0.6 is 0 Å². The fraction of sp³-hybridized carbons (Fsp3) is 0.350. The Hall–Kier alpha value is -2.53. The molecule has 0 radical (unpaired) electrons. The molecule has 1 heterocycles. The van der Waals surface area contributed by atoms with Crippen LogP contribution in [0.1, 0.15) is 18.1 Å². The van der Waals surface area contributed by atoms with Gasteiger partial charge in [-0.1, -0.05) is 0 Å². The Morgan fingerprint density at radius 1 is 1.04 bits per heavy atom. The van der Waals surface area contributed by atoms with E-state index < -0.39 is 6.10 Å². The van der Waals surface area contributed by atoms with Gasteiger partial charge in [0.2, 0.25) is 0 Å². The van der Waals surface area contributed by atoms with Gasteiger partial charge in [-0.3, -0.25) is 0 Å². The maximum absolute atomic E-state index is 10.3. The molecule has 5 nitrogen and oxygen atoms in total. The lowest BCUT2D eigenvalue weighted by Gasteiger charge is -2.14. The summed E-state index contributed by atoms with van der Waals surface area (Å²) >= 11 is 0. The maximum Gasteiger partial charge on any atom is 0.119 e. The predicted molar refractivity (Wildman–Crippen MR) is 98.3 cm³/mol. The fourth-order valence-electron chi connectivity index (χ4n) is 2.73. The molecule has 0 bridgehead atoms. The fourth-order valence-corrected chi connectivity index (χ4v) is 2.73. The molecule has 3 aromatic rings. The topological polar surface area (TPSA) is 56.5 Å². The predicted octanol–water partition coefficient (Wildman–Crippen LogP) is 3.49. The highest BCUT2D eigenvalue weighted by Gasteiger charge is 2.11. The van der Waals surface area contributed by atoms with Crippen LogP contribution in [0.3, 0.4) is 0 Å².